The van der Waals surface area contributed by atoms with Crippen molar-refractivity contribution < 1.29 is 32.3 Å². The molecule has 2 saturated heterocycles. The monoisotopic (exact) mass is 399 g/mol. The number of carbonyl (C=O) groups excluding carboxylic acids is 3. The molecule has 0 radical (unpaired) electrons. The van der Waals surface area contributed by atoms with Crippen LogP contribution in [0, 0.1) is 11.7 Å². The van der Waals surface area contributed by atoms with Gasteiger partial charge in [-0.25, -0.2) is 18.0 Å². The number of rotatable bonds is 5. The fourth-order valence-electron chi connectivity index (χ4n) is 3.44. The minimum Gasteiger partial charge on any atom is -0.381 e. The lowest BCUT2D eigenvalue weighted by Crippen LogP contribution is -2.62. The number of ether oxygens (including phenoxy) is 1. The van der Waals surface area contributed by atoms with Crippen molar-refractivity contribution in [3.63, 3.8) is 0 Å². The Labute approximate surface area is 159 Å². The van der Waals surface area contributed by atoms with Crippen LogP contribution in [0.5, 0.6) is 0 Å². The molecule has 1 aromatic carbocycles. The SMILES string of the molecule is NC(c1cccc(F)c1)C(F)(F)CC1C(=O)NC(=O)N(C2CCOCC2)C1=O. The van der Waals surface area contributed by atoms with Gasteiger partial charge in [-0.2, -0.15) is 0 Å². The van der Waals surface area contributed by atoms with Crippen molar-refractivity contribution in [1.82, 2.24) is 10.2 Å². The van der Waals surface area contributed by atoms with E-state index in [0.29, 0.717) is 26.1 Å². The Bertz CT molecular complexity index is 783. The summed E-state index contributed by atoms with van der Waals surface area (Å²) in [5.41, 5.74) is 5.44. The first-order chi connectivity index (χ1) is 13.2. The summed E-state index contributed by atoms with van der Waals surface area (Å²) < 4.78 is 48.0. The van der Waals surface area contributed by atoms with Gasteiger partial charge in [-0.05, 0) is 30.5 Å². The van der Waals surface area contributed by atoms with E-state index in [1.165, 1.54) is 12.1 Å². The molecule has 152 valence electrons. The zero-order chi connectivity index (χ0) is 20.5. The second-order valence-corrected chi connectivity index (χ2v) is 6.90. The number of benzene rings is 1. The lowest BCUT2D eigenvalue weighted by atomic mass is 9.89. The first-order valence-electron chi connectivity index (χ1n) is 8.85. The number of hydrogen-bond acceptors (Lipinski definition) is 5. The van der Waals surface area contributed by atoms with E-state index in [4.69, 9.17) is 10.5 Å². The molecule has 0 aliphatic carbocycles. The van der Waals surface area contributed by atoms with Gasteiger partial charge < -0.3 is 10.5 Å². The van der Waals surface area contributed by atoms with E-state index >= 15 is 0 Å². The topological polar surface area (TPSA) is 102 Å². The van der Waals surface area contributed by atoms with Crippen molar-refractivity contribution in [2.75, 3.05) is 13.2 Å². The molecule has 2 atom stereocenters. The average Bonchev–Trinajstić information content (AvgIpc) is 2.65. The third kappa shape index (κ3) is 4.02. The molecule has 7 nitrogen and oxygen atoms in total. The number of barbiturate groups is 1. The normalized spacial score (nSPS) is 22.9. The standard InChI is InChI=1S/C18H20F3N3O4/c19-11-3-1-2-10(8-11)14(22)18(20,21)9-13-15(25)23-17(27)24(16(13)26)12-4-6-28-7-5-12/h1-3,8,12-14H,4-7,9,22H2,(H,23,25,27). The highest BCUT2D eigenvalue weighted by atomic mass is 19.3. The van der Waals surface area contributed by atoms with Crippen LogP contribution < -0.4 is 11.1 Å². The van der Waals surface area contributed by atoms with Crippen LogP contribution in [-0.4, -0.2) is 47.9 Å². The molecule has 3 N–H and O–H groups in total. The molecule has 2 aliphatic rings. The Kier molecular flexibility index (Phi) is 5.71. The molecule has 4 amide bonds. The molecule has 2 aliphatic heterocycles. The van der Waals surface area contributed by atoms with Crippen LogP contribution in [0.1, 0.15) is 30.9 Å². The first-order valence-corrected chi connectivity index (χ1v) is 8.85. The number of imide groups is 2. The van der Waals surface area contributed by atoms with E-state index < -0.39 is 54.0 Å². The minimum absolute atomic E-state index is 0.161. The quantitative estimate of drug-likeness (QED) is 0.735. The van der Waals surface area contributed by atoms with Crippen LogP contribution in [-0.2, 0) is 14.3 Å². The van der Waals surface area contributed by atoms with Gasteiger partial charge in [-0.15, -0.1) is 0 Å². The van der Waals surface area contributed by atoms with Crippen LogP contribution in [0.25, 0.3) is 0 Å². The number of nitrogens with one attached hydrogen (secondary N) is 1. The van der Waals surface area contributed by atoms with Crippen LogP contribution in [0.3, 0.4) is 0 Å². The molecule has 3 rings (SSSR count). The Morgan fingerprint density at radius 2 is 1.93 bits per heavy atom. The smallest absolute Gasteiger partial charge is 0.331 e. The van der Waals surface area contributed by atoms with Gasteiger partial charge in [0, 0.05) is 25.7 Å². The Hall–Kier alpha value is -2.46. The maximum Gasteiger partial charge on any atom is 0.331 e. The summed E-state index contributed by atoms with van der Waals surface area (Å²) in [4.78, 5) is 37.7. The van der Waals surface area contributed by atoms with E-state index in [9.17, 15) is 27.6 Å². The highest BCUT2D eigenvalue weighted by Crippen LogP contribution is 2.37. The van der Waals surface area contributed by atoms with Crippen molar-refractivity contribution in [3.8, 4) is 0 Å². The second-order valence-electron chi connectivity index (χ2n) is 6.90. The minimum atomic E-state index is -3.69. The van der Waals surface area contributed by atoms with Crippen molar-refractivity contribution >= 4 is 17.8 Å². The van der Waals surface area contributed by atoms with Crippen LogP contribution in [0.2, 0.25) is 0 Å². The lowest BCUT2D eigenvalue weighted by molar-refractivity contribution is -0.151. The summed E-state index contributed by atoms with van der Waals surface area (Å²) in [5.74, 6) is -8.26. The number of alkyl halides is 2. The summed E-state index contributed by atoms with van der Waals surface area (Å²) in [6, 6.07) is 1.08. The van der Waals surface area contributed by atoms with Gasteiger partial charge in [-0.3, -0.25) is 19.8 Å². The third-order valence-corrected chi connectivity index (χ3v) is 5.00. The number of halogens is 3. The zero-order valence-electron chi connectivity index (χ0n) is 14.9. The van der Waals surface area contributed by atoms with Gasteiger partial charge in [0.15, 0.2) is 0 Å². The lowest BCUT2D eigenvalue weighted by Gasteiger charge is -2.38. The molecule has 10 heteroatoms. The Morgan fingerprint density at radius 3 is 2.57 bits per heavy atom. The van der Waals surface area contributed by atoms with E-state index in [0.717, 1.165) is 17.0 Å². The van der Waals surface area contributed by atoms with Gasteiger partial charge in [-0.1, -0.05) is 12.1 Å². The van der Waals surface area contributed by atoms with Gasteiger partial charge in [0.25, 0.3) is 5.92 Å². The van der Waals surface area contributed by atoms with E-state index in [1.54, 1.807) is 0 Å². The predicted molar refractivity (Wildman–Crippen MR) is 90.6 cm³/mol. The van der Waals surface area contributed by atoms with Gasteiger partial charge in [0.2, 0.25) is 11.8 Å². The highest BCUT2D eigenvalue weighted by Gasteiger charge is 2.50. The van der Waals surface area contributed by atoms with Gasteiger partial charge in [0.1, 0.15) is 11.7 Å². The number of hydrogen-bond donors (Lipinski definition) is 2. The van der Waals surface area contributed by atoms with Crippen molar-refractivity contribution in [1.29, 1.82) is 0 Å². The van der Waals surface area contributed by atoms with E-state index in [2.05, 4.69) is 0 Å². The summed E-state index contributed by atoms with van der Waals surface area (Å²) in [7, 11) is 0. The van der Waals surface area contributed by atoms with Crippen LogP contribution in [0.15, 0.2) is 24.3 Å². The third-order valence-electron chi connectivity index (χ3n) is 5.00. The molecule has 0 spiro atoms. The maximum atomic E-state index is 14.7. The molecule has 2 unspecified atom stereocenters. The van der Waals surface area contributed by atoms with Gasteiger partial charge >= 0.3 is 6.03 Å². The predicted octanol–water partition coefficient (Wildman–Crippen LogP) is 1.72. The van der Waals surface area contributed by atoms with Crippen molar-refractivity contribution in [3.05, 3.63) is 35.6 Å². The molecule has 1 aromatic rings. The van der Waals surface area contributed by atoms with Crippen molar-refractivity contribution in [2.24, 2.45) is 11.7 Å². The van der Waals surface area contributed by atoms with Crippen molar-refractivity contribution in [2.45, 2.75) is 37.3 Å². The summed E-state index contributed by atoms with van der Waals surface area (Å²) in [6.07, 6.45) is -0.471. The van der Waals surface area contributed by atoms with E-state index in [1.807, 2.05) is 5.32 Å². The second kappa shape index (κ2) is 7.88. The molecular formula is C18H20F3N3O4. The molecule has 28 heavy (non-hydrogen) atoms. The average molecular weight is 399 g/mol. The fraction of sp³-hybridized carbons (Fsp3) is 0.500. The summed E-state index contributed by atoms with van der Waals surface area (Å²) >= 11 is 0. The zero-order valence-corrected chi connectivity index (χ0v) is 14.9. The first kappa shape index (κ1) is 20.3. The number of nitrogens with zero attached hydrogens (tertiary/aromatic N) is 1. The Balaban J connectivity index is 1.79. The molecule has 0 saturated carbocycles. The van der Waals surface area contributed by atoms with E-state index in [-0.39, 0.29) is 5.56 Å². The fourth-order valence-corrected chi connectivity index (χ4v) is 3.44. The number of amides is 4. The highest BCUT2D eigenvalue weighted by molar-refractivity contribution is 6.16. The summed E-state index contributed by atoms with van der Waals surface area (Å²) in [5, 5.41) is 1.97. The van der Waals surface area contributed by atoms with Crippen LogP contribution in [0.4, 0.5) is 18.0 Å². The van der Waals surface area contributed by atoms with Crippen LogP contribution >= 0.6 is 0 Å². The maximum absolute atomic E-state index is 14.7. The number of urea groups is 1. The molecular weight excluding hydrogens is 379 g/mol. The largest absolute Gasteiger partial charge is 0.381 e. The molecule has 0 bridgehead atoms. The van der Waals surface area contributed by atoms with Gasteiger partial charge in [0.05, 0.1) is 6.04 Å². The molecule has 2 fully saturated rings. The summed E-state index contributed by atoms with van der Waals surface area (Å²) in [6.45, 7) is 0.641. The Morgan fingerprint density at radius 1 is 1.25 bits per heavy atom. The number of nitrogens with two attached hydrogens (primary N) is 1. The molecule has 0 aromatic heterocycles. The number of carbonyl (C=O) groups is 3. The molecule has 2 heterocycles.